The van der Waals surface area contributed by atoms with Crippen LogP contribution < -0.4 is 5.32 Å². The largest absolute Gasteiger partial charge is 0.320 e. The molecule has 3 aromatic rings. The molecule has 1 N–H and O–H groups in total. The number of benzene rings is 1. The summed E-state index contributed by atoms with van der Waals surface area (Å²) in [7, 11) is 0. The molecule has 0 spiro atoms. The standard InChI is InChI=1S/C16H16N4O/c1-3-12-6-4-5-7-13(12)18-16(21)14-8-9-17-15-10-11(2)19-20(14)15/h4-10H,3H2,1-2H3,(H,18,21). The molecular weight excluding hydrogens is 264 g/mol. The molecule has 5 heteroatoms. The van der Waals surface area contributed by atoms with Crippen LogP contribution in [-0.2, 0) is 6.42 Å². The Morgan fingerprint density at radius 2 is 2.10 bits per heavy atom. The van der Waals surface area contributed by atoms with Gasteiger partial charge in [0.1, 0.15) is 5.69 Å². The lowest BCUT2D eigenvalue weighted by atomic mass is 10.1. The SMILES string of the molecule is CCc1ccccc1NC(=O)c1ccnc2cc(C)nn12. The molecule has 1 amide bonds. The third-order valence-electron chi connectivity index (χ3n) is 3.36. The van der Waals surface area contributed by atoms with Gasteiger partial charge < -0.3 is 5.32 Å². The molecule has 1 aromatic carbocycles. The first-order valence-electron chi connectivity index (χ1n) is 6.89. The van der Waals surface area contributed by atoms with Crippen molar-refractivity contribution in [2.24, 2.45) is 0 Å². The summed E-state index contributed by atoms with van der Waals surface area (Å²) in [6.07, 6.45) is 2.49. The van der Waals surface area contributed by atoms with E-state index in [2.05, 4.69) is 22.3 Å². The summed E-state index contributed by atoms with van der Waals surface area (Å²) in [6, 6.07) is 11.3. The number of amides is 1. The maximum atomic E-state index is 12.5. The molecule has 0 bridgehead atoms. The number of carbonyl (C=O) groups is 1. The Morgan fingerprint density at radius 3 is 2.90 bits per heavy atom. The summed E-state index contributed by atoms with van der Waals surface area (Å²) < 4.78 is 1.57. The first kappa shape index (κ1) is 13.3. The first-order chi connectivity index (χ1) is 10.2. The maximum Gasteiger partial charge on any atom is 0.274 e. The van der Waals surface area contributed by atoms with Crippen LogP contribution >= 0.6 is 0 Å². The van der Waals surface area contributed by atoms with Gasteiger partial charge in [-0.3, -0.25) is 4.79 Å². The fraction of sp³-hybridized carbons (Fsp3) is 0.188. The van der Waals surface area contributed by atoms with Gasteiger partial charge in [-0.25, -0.2) is 9.50 Å². The average Bonchev–Trinajstić information content (AvgIpc) is 2.87. The normalized spacial score (nSPS) is 10.8. The first-order valence-corrected chi connectivity index (χ1v) is 6.89. The fourth-order valence-electron chi connectivity index (χ4n) is 2.32. The number of aromatic nitrogens is 3. The zero-order chi connectivity index (χ0) is 14.8. The Labute approximate surface area is 122 Å². The van der Waals surface area contributed by atoms with E-state index in [1.54, 1.807) is 16.8 Å². The average molecular weight is 280 g/mol. The summed E-state index contributed by atoms with van der Waals surface area (Å²) in [5.41, 5.74) is 3.91. The number of anilines is 1. The van der Waals surface area contributed by atoms with Gasteiger partial charge in [0.15, 0.2) is 5.65 Å². The molecule has 0 saturated carbocycles. The number of carbonyl (C=O) groups excluding carboxylic acids is 1. The third-order valence-corrected chi connectivity index (χ3v) is 3.36. The number of hydrogen-bond donors (Lipinski definition) is 1. The monoisotopic (exact) mass is 280 g/mol. The summed E-state index contributed by atoms with van der Waals surface area (Å²) in [5.74, 6) is -0.189. The second-order valence-corrected chi connectivity index (χ2v) is 4.85. The van der Waals surface area contributed by atoms with Crippen LogP contribution in [0.5, 0.6) is 0 Å². The van der Waals surface area contributed by atoms with Crippen molar-refractivity contribution >= 4 is 17.2 Å². The van der Waals surface area contributed by atoms with Crippen LogP contribution in [0.15, 0.2) is 42.6 Å². The molecule has 0 radical (unpaired) electrons. The van der Waals surface area contributed by atoms with Gasteiger partial charge in [0.05, 0.1) is 5.69 Å². The molecule has 0 aliphatic rings. The Kier molecular flexibility index (Phi) is 3.39. The zero-order valence-corrected chi connectivity index (χ0v) is 12.0. The van der Waals surface area contributed by atoms with E-state index in [1.807, 2.05) is 37.3 Å². The van der Waals surface area contributed by atoms with Crippen LogP contribution in [0, 0.1) is 6.92 Å². The Balaban J connectivity index is 1.97. The molecule has 2 aromatic heterocycles. The lowest BCUT2D eigenvalue weighted by Crippen LogP contribution is -2.17. The van der Waals surface area contributed by atoms with Crippen LogP contribution in [0.2, 0.25) is 0 Å². The predicted molar refractivity (Wildman–Crippen MR) is 81.5 cm³/mol. The molecule has 0 saturated heterocycles. The highest BCUT2D eigenvalue weighted by molar-refractivity contribution is 6.03. The van der Waals surface area contributed by atoms with E-state index in [0.717, 1.165) is 23.4 Å². The van der Waals surface area contributed by atoms with Crippen LogP contribution in [0.25, 0.3) is 5.65 Å². The number of nitrogens with zero attached hydrogens (tertiary/aromatic N) is 3. The number of rotatable bonds is 3. The van der Waals surface area contributed by atoms with Gasteiger partial charge in [0, 0.05) is 18.0 Å². The summed E-state index contributed by atoms with van der Waals surface area (Å²) in [6.45, 7) is 3.94. The van der Waals surface area contributed by atoms with E-state index in [-0.39, 0.29) is 5.91 Å². The van der Waals surface area contributed by atoms with Gasteiger partial charge >= 0.3 is 0 Å². The molecule has 0 atom stereocenters. The van der Waals surface area contributed by atoms with Crippen molar-refractivity contribution in [2.45, 2.75) is 20.3 Å². The quantitative estimate of drug-likeness (QED) is 0.802. The summed E-state index contributed by atoms with van der Waals surface area (Å²) >= 11 is 0. The van der Waals surface area contributed by atoms with E-state index < -0.39 is 0 Å². The minimum absolute atomic E-state index is 0.189. The molecule has 0 aliphatic heterocycles. The van der Waals surface area contributed by atoms with Crippen molar-refractivity contribution in [1.82, 2.24) is 14.6 Å². The van der Waals surface area contributed by atoms with Crippen molar-refractivity contribution < 1.29 is 4.79 Å². The Morgan fingerprint density at radius 1 is 1.29 bits per heavy atom. The zero-order valence-electron chi connectivity index (χ0n) is 12.0. The second kappa shape index (κ2) is 5.36. The van der Waals surface area contributed by atoms with Gasteiger partial charge in [-0.2, -0.15) is 5.10 Å². The van der Waals surface area contributed by atoms with Crippen molar-refractivity contribution in [3.63, 3.8) is 0 Å². The Hall–Kier alpha value is -2.69. The Bertz CT molecular complexity index is 807. The summed E-state index contributed by atoms with van der Waals surface area (Å²) in [4.78, 5) is 16.7. The summed E-state index contributed by atoms with van der Waals surface area (Å²) in [5, 5.41) is 7.26. The molecule has 3 rings (SSSR count). The van der Waals surface area contributed by atoms with Crippen LogP contribution in [0.3, 0.4) is 0 Å². The highest BCUT2D eigenvalue weighted by Gasteiger charge is 2.13. The van der Waals surface area contributed by atoms with Crippen LogP contribution in [0.1, 0.15) is 28.7 Å². The molecule has 106 valence electrons. The third kappa shape index (κ3) is 2.50. The maximum absolute atomic E-state index is 12.5. The number of fused-ring (bicyclic) bond motifs is 1. The van der Waals surface area contributed by atoms with E-state index in [1.165, 1.54) is 0 Å². The molecule has 21 heavy (non-hydrogen) atoms. The van der Waals surface area contributed by atoms with Gasteiger partial charge in [-0.15, -0.1) is 0 Å². The smallest absolute Gasteiger partial charge is 0.274 e. The topological polar surface area (TPSA) is 59.3 Å². The highest BCUT2D eigenvalue weighted by atomic mass is 16.2. The predicted octanol–water partition coefficient (Wildman–Crippen LogP) is 2.85. The minimum atomic E-state index is -0.189. The molecule has 0 unspecified atom stereocenters. The molecular formula is C16H16N4O. The highest BCUT2D eigenvalue weighted by Crippen LogP contribution is 2.17. The van der Waals surface area contributed by atoms with E-state index >= 15 is 0 Å². The lowest BCUT2D eigenvalue weighted by Gasteiger charge is -2.10. The van der Waals surface area contributed by atoms with Gasteiger partial charge in [-0.1, -0.05) is 25.1 Å². The molecule has 5 nitrogen and oxygen atoms in total. The van der Waals surface area contributed by atoms with Crippen LogP contribution in [-0.4, -0.2) is 20.5 Å². The minimum Gasteiger partial charge on any atom is -0.320 e. The van der Waals surface area contributed by atoms with Crippen molar-refractivity contribution in [1.29, 1.82) is 0 Å². The van der Waals surface area contributed by atoms with Gasteiger partial charge in [0.25, 0.3) is 5.91 Å². The van der Waals surface area contributed by atoms with E-state index in [4.69, 9.17) is 0 Å². The van der Waals surface area contributed by atoms with Crippen LogP contribution in [0.4, 0.5) is 5.69 Å². The number of nitrogens with one attached hydrogen (secondary N) is 1. The van der Waals surface area contributed by atoms with Crippen molar-refractivity contribution in [3.05, 3.63) is 59.5 Å². The fourth-order valence-corrected chi connectivity index (χ4v) is 2.32. The molecule has 2 heterocycles. The van der Waals surface area contributed by atoms with Crippen molar-refractivity contribution in [2.75, 3.05) is 5.32 Å². The second-order valence-electron chi connectivity index (χ2n) is 4.85. The number of hydrogen-bond acceptors (Lipinski definition) is 3. The molecule has 0 aliphatic carbocycles. The lowest BCUT2D eigenvalue weighted by molar-refractivity contribution is 0.101. The van der Waals surface area contributed by atoms with Crippen molar-refractivity contribution in [3.8, 4) is 0 Å². The van der Waals surface area contributed by atoms with Gasteiger partial charge in [0.2, 0.25) is 0 Å². The molecule has 0 fully saturated rings. The van der Waals surface area contributed by atoms with E-state index in [0.29, 0.717) is 11.3 Å². The number of aryl methyl sites for hydroxylation is 2. The number of para-hydroxylation sites is 1. The van der Waals surface area contributed by atoms with E-state index in [9.17, 15) is 4.79 Å². The van der Waals surface area contributed by atoms with Gasteiger partial charge in [-0.05, 0) is 31.0 Å².